The molecule has 2 aromatic rings. The summed E-state index contributed by atoms with van der Waals surface area (Å²) in [5.74, 6) is 1.26. The molecule has 1 saturated carbocycles. The highest BCUT2D eigenvalue weighted by molar-refractivity contribution is 5.94. The molecule has 4 rings (SSSR count). The van der Waals surface area contributed by atoms with Gasteiger partial charge in [0, 0.05) is 25.7 Å². The Morgan fingerprint density at radius 2 is 1.81 bits per heavy atom. The van der Waals surface area contributed by atoms with Crippen LogP contribution < -0.4 is 5.32 Å². The first-order chi connectivity index (χ1) is 15.1. The Morgan fingerprint density at radius 1 is 1.06 bits per heavy atom. The predicted molar refractivity (Wildman–Crippen MR) is 119 cm³/mol. The van der Waals surface area contributed by atoms with Crippen molar-refractivity contribution in [1.29, 1.82) is 0 Å². The standard InChI is InChI=1S/C25H32N4O2/c1-18-21(25(31)27-16-20-11-3-2-4-12-20)17-26-24(28-18)22-13-7-8-14-29(22)23(30)15-19-9-5-6-10-19/h2-4,11-12,17,19,22H,5-10,13-16H2,1H3,(H,27,31)/t22-/m0/s1. The summed E-state index contributed by atoms with van der Waals surface area (Å²) in [7, 11) is 0. The maximum atomic E-state index is 13.0. The number of nitrogens with zero attached hydrogens (tertiary/aromatic N) is 3. The topological polar surface area (TPSA) is 75.2 Å². The Hall–Kier alpha value is -2.76. The zero-order valence-electron chi connectivity index (χ0n) is 18.3. The van der Waals surface area contributed by atoms with E-state index in [1.807, 2.05) is 42.2 Å². The molecule has 6 heteroatoms. The fraction of sp³-hybridized carbons (Fsp3) is 0.520. The Balaban J connectivity index is 1.43. The molecule has 2 amide bonds. The van der Waals surface area contributed by atoms with Crippen LogP contribution in [0.4, 0.5) is 0 Å². The molecule has 2 aliphatic rings. The highest BCUT2D eigenvalue weighted by atomic mass is 16.2. The lowest BCUT2D eigenvalue weighted by Gasteiger charge is -2.35. The monoisotopic (exact) mass is 420 g/mol. The fourth-order valence-corrected chi connectivity index (χ4v) is 4.82. The van der Waals surface area contributed by atoms with Gasteiger partial charge in [0.15, 0.2) is 5.82 Å². The van der Waals surface area contributed by atoms with E-state index in [1.54, 1.807) is 6.20 Å². The van der Waals surface area contributed by atoms with Gasteiger partial charge < -0.3 is 10.2 Å². The van der Waals surface area contributed by atoms with Crippen LogP contribution >= 0.6 is 0 Å². The second kappa shape index (κ2) is 10.0. The minimum Gasteiger partial charge on any atom is -0.348 e. The first-order valence-corrected chi connectivity index (χ1v) is 11.6. The maximum Gasteiger partial charge on any atom is 0.254 e. The molecule has 0 radical (unpaired) electrons. The number of hydrogen-bond acceptors (Lipinski definition) is 4. The number of nitrogens with one attached hydrogen (secondary N) is 1. The molecule has 2 heterocycles. The van der Waals surface area contributed by atoms with Gasteiger partial charge in [0.2, 0.25) is 5.91 Å². The van der Waals surface area contributed by atoms with Crippen LogP contribution in [-0.4, -0.2) is 33.2 Å². The number of carbonyl (C=O) groups is 2. The summed E-state index contributed by atoms with van der Waals surface area (Å²) in [6, 6.07) is 9.74. The summed E-state index contributed by atoms with van der Waals surface area (Å²) in [6.07, 6.45) is 10.1. The molecule has 1 aliphatic heterocycles. The zero-order chi connectivity index (χ0) is 21.6. The molecule has 1 N–H and O–H groups in total. The molecule has 1 aromatic heterocycles. The van der Waals surface area contributed by atoms with Crippen LogP contribution in [0, 0.1) is 12.8 Å². The molecule has 0 spiro atoms. The van der Waals surface area contributed by atoms with Gasteiger partial charge in [-0.2, -0.15) is 0 Å². The van der Waals surface area contributed by atoms with Crippen LogP contribution in [0.15, 0.2) is 36.5 Å². The molecular weight excluding hydrogens is 388 g/mol. The van der Waals surface area contributed by atoms with E-state index >= 15 is 0 Å². The lowest BCUT2D eigenvalue weighted by atomic mass is 9.97. The lowest BCUT2D eigenvalue weighted by molar-refractivity contribution is -0.136. The number of carbonyl (C=O) groups excluding carboxylic acids is 2. The summed E-state index contributed by atoms with van der Waals surface area (Å²) in [4.78, 5) is 36.9. The van der Waals surface area contributed by atoms with Crippen molar-refractivity contribution in [3.63, 3.8) is 0 Å². The van der Waals surface area contributed by atoms with E-state index in [4.69, 9.17) is 0 Å². The second-order valence-electron chi connectivity index (χ2n) is 8.85. The molecule has 1 saturated heterocycles. The molecular formula is C25H32N4O2. The lowest BCUT2D eigenvalue weighted by Crippen LogP contribution is -2.40. The largest absolute Gasteiger partial charge is 0.348 e. The summed E-state index contributed by atoms with van der Waals surface area (Å²) < 4.78 is 0. The zero-order valence-corrected chi connectivity index (χ0v) is 18.3. The average molecular weight is 421 g/mol. The van der Waals surface area contributed by atoms with Crippen molar-refractivity contribution in [2.24, 2.45) is 5.92 Å². The van der Waals surface area contributed by atoms with E-state index in [0.717, 1.165) is 31.4 Å². The highest BCUT2D eigenvalue weighted by Crippen LogP contribution is 2.33. The number of amides is 2. The van der Waals surface area contributed by atoms with E-state index in [0.29, 0.717) is 36.0 Å². The van der Waals surface area contributed by atoms with Crippen molar-refractivity contribution >= 4 is 11.8 Å². The molecule has 6 nitrogen and oxygen atoms in total. The SMILES string of the molecule is Cc1nc([C@@H]2CCCCN2C(=O)CC2CCCC2)ncc1C(=O)NCc1ccccc1. The van der Waals surface area contributed by atoms with E-state index in [2.05, 4.69) is 15.3 Å². The van der Waals surface area contributed by atoms with Crippen LogP contribution in [-0.2, 0) is 11.3 Å². The van der Waals surface area contributed by atoms with Gasteiger partial charge in [0.05, 0.1) is 17.3 Å². The normalized spacial score (nSPS) is 19.4. The van der Waals surface area contributed by atoms with Crippen LogP contribution in [0.3, 0.4) is 0 Å². The van der Waals surface area contributed by atoms with Crippen molar-refractivity contribution in [2.75, 3.05) is 6.54 Å². The molecule has 164 valence electrons. The van der Waals surface area contributed by atoms with Crippen LogP contribution in [0.1, 0.15) is 84.8 Å². The Kier molecular flexibility index (Phi) is 6.95. The van der Waals surface area contributed by atoms with Gasteiger partial charge in [-0.3, -0.25) is 9.59 Å². The van der Waals surface area contributed by atoms with Gasteiger partial charge in [0.25, 0.3) is 5.91 Å². The van der Waals surface area contributed by atoms with E-state index in [-0.39, 0.29) is 17.9 Å². The van der Waals surface area contributed by atoms with Gasteiger partial charge in [-0.25, -0.2) is 9.97 Å². The van der Waals surface area contributed by atoms with E-state index < -0.39 is 0 Å². The van der Waals surface area contributed by atoms with Crippen LogP contribution in [0.5, 0.6) is 0 Å². The maximum absolute atomic E-state index is 13.0. The van der Waals surface area contributed by atoms with E-state index in [1.165, 1.54) is 25.7 Å². The number of piperidine rings is 1. The summed E-state index contributed by atoms with van der Waals surface area (Å²) in [6.45, 7) is 3.08. The highest BCUT2D eigenvalue weighted by Gasteiger charge is 2.32. The van der Waals surface area contributed by atoms with Crippen molar-refractivity contribution < 1.29 is 9.59 Å². The Bertz CT molecular complexity index is 909. The number of aromatic nitrogens is 2. The number of likely N-dealkylation sites (tertiary alicyclic amines) is 1. The molecule has 2 fully saturated rings. The summed E-state index contributed by atoms with van der Waals surface area (Å²) >= 11 is 0. The molecule has 1 aliphatic carbocycles. The van der Waals surface area contributed by atoms with Crippen LogP contribution in [0.25, 0.3) is 0 Å². The van der Waals surface area contributed by atoms with Crippen molar-refractivity contribution in [2.45, 2.75) is 70.9 Å². The molecule has 31 heavy (non-hydrogen) atoms. The number of aryl methyl sites for hydroxylation is 1. The molecule has 1 aromatic carbocycles. The number of rotatable bonds is 6. The van der Waals surface area contributed by atoms with Crippen LogP contribution in [0.2, 0.25) is 0 Å². The van der Waals surface area contributed by atoms with Gasteiger partial charge in [0.1, 0.15) is 0 Å². The Labute approximate surface area is 184 Å². The van der Waals surface area contributed by atoms with E-state index in [9.17, 15) is 9.59 Å². The third-order valence-electron chi connectivity index (χ3n) is 6.60. The van der Waals surface area contributed by atoms with Crippen molar-refractivity contribution in [1.82, 2.24) is 20.2 Å². The number of benzene rings is 1. The minimum absolute atomic E-state index is 0.0808. The molecule has 0 unspecified atom stereocenters. The first kappa shape index (κ1) is 21.5. The van der Waals surface area contributed by atoms with Gasteiger partial charge in [-0.1, -0.05) is 43.2 Å². The first-order valence-electron chi connectivity index (χ1n) is 11.6. The quantitative estimate of drug-likeness (QED) is 0.754. The van der Waals surface area contributed by atoms with Crippen molar-refractivity contribution in [3.05, 3.63) is 59.2 Å². The third kappa shape index (κ3) is 5.30. The summed E-state index contributed by atoms with van der Waals surface area (Å²) in [5.41, 5.74) is 2.19. The average Bonchev–Trinajstić information content (AvgIpc) is 3.31. The second-order valence-corrected chi connectivity index (χ2v) is 8.85. The minimum atomic E-state index is -0.175. The van der Waals surface area contributed by atoms with Crippen molar-refractivity contribution in [3.8, 4) is 0 Å². The van der Waals surface area contributed by atoms with Gasteiger partial charge >= 0.3 is 0 Å². The summed E-state index contributed by atoms with van der Waals surface area (Å²) in [5, 5.41) is 2.94. The smallest absolute Gasteiger partial charge is 0.254 e. The molecule has 1 atom stereocenters. The number of hydrogen-bond donors (Lipinski definition) is 1. The fourth-order valence-electron chi connectivity index (χ4n) is 4.82. The molecule has 0 bridgehead atoms. The van der Waals surface area contributed by atoms with Gasteiger partial charge in [-0.15, -0.1) is 0 Å². The third-order valence-corrected chi connectivity index (χ3v) is 6.60. The Morgan fingerprint density at radius 3 is 2.55 bits per heavy atom. The predicted octanol–water partition coefficient (Wildman–Crippen LogP) is 4.35. The van der Waals surface area contributed by atoms with Gasteiger partial charge in [-0.05, 0) is 50.5 Å².